The van der Waals surface area contributed by atoms with Crippen LogP contribution in [0.3, 0.4) is 0 Å². The number of halogens is 1. The van der Waals surface area contributed by atoms with Gasteiger partial charge >= 0.3 is 0 Å². The van der Waals surface area contributed by atoms with Crippen LogP contribution in [0.5, 0.6) is 11.5 Å². The van der Waals surface area contributed by atoms with E-state index in [4.69, 9.17) is 9.47 Å². The van der Waals surface area contributed by atoms with Gasteiger partial charge in [-0.3, -0.25) is 9.59 Å². The monoisotopic (exact) mass is 524 g/mol. The molecule has 0 spiro atoms. The molecule has 1 aliphatic carbocycles. The Morgan fingerprint density at radius 3 is 2.45 bits per heavy atom. The summed E-state index contributed by atoms with van der Waals surface area (Å²) in [6.07, 6.45) is 9.01. The molecular weight excluding hydrogens is 483 g/mol. The molecule has 0 aromatic heterocycles. The Morgan fingerprint density at radius 2 is 1.66 bits per heavy atom. The number of nitrogens with zero attached hydrogens (tertiary/aromatic N) is 2. The van der Waals surface area contributed by atoms with E-state index in [1.54, 1.807) is 12.1 Å². The van der Waals surface area contributed by atoms with Gasteiger partial charge in [0.1, 0.15) is 23.4 Å². The van der Waals surface area contributed by atoms with Gasteiger partial charge in [0, 0.05) is 19.6 Å². The molecule has 1 saturated carbocycles. The lowest BCUT2D eigenvalue weighted by Crippen LogP contribution is -2.51. The summed E-state index contributed by atoms with van der Waals surface area (Å²) in [6, 6.07) is 13.3. The maximum absolute atomic E-state index is 13.5. The van der Waals surface area contributed by atoms with Crippen molar-refractivity contribution in [3.63, 3.8) is 0 Å². The van der Waals surface area contributed by atoms with Crippen molar-refractivity contribution < 1.29 is 23.5 Å². The Kier molecular flexibility index (Phi) is 10.4. The molecule has 4 rings (SSSR count). The SMILES string of the molecule is CCN1CCCCCCCN(C(=O)CCOc2ccc(F)cc2)[C@@H]2CCCC[C@@H]2Oc2ccccc2C1=O. The van der Waals surface area contributed by atoms with E-state index in [1.165, 1.54) is 12.1 Å². The zero-order valence-electron chi connectivity index (χ0n) is 22.6. The van der Waals surface area contributed by atoms with Crippen molar-refractivity contribution >= 4 is 11.8 Å². The standard InChI is InChI=1S/C31H41FN2O4/c1-2-33-21-10-4-3-5-11-22-34(30(35)20-23-37-25-18-16-24(32)17-19-25)27-13-7-9-15-29(27)38-28-14-8-6-12-26(28)31(33)36/h6,8,12,14,16-19,27,29H,2-5,7,9-11,13,15,20-23H2,1H3/t27-,29+/m1/s1. The Balaban J connectivity index is 1.52. The minimum Gasteiger partial charge on any atom is -0.493 e. The number of hydrogen-bond donors (Lipinski definition) is 0. The first-order valence-corrected chi connectivity index (χ1v) is 14.3. The van der Waals surface area contributed by atoms with E-state index >= 15 is 0 Å². The molecule has 0 N–H and O–H groups in total. The molecule has 1 heterocycles. The largest absolute Gasteiger partial charge is 0.493 e. The highest BCUT2D eigenvalue weighted by Crippen LogP contribution is 2.31. The summed E-state index contributed by atoms with van der Waals surface area (Å²) in [4.78, 5) is 30.9. The molecule has 2 aromatic carbocycles. The molecule has 2 aliphatic rings. The Labute approximate surface area is 226 Å². The molecule has 1 fully saturated rings. The van der Waals surface area contributed by atoms with Gasteiger partial charge in [-0.15, -0.1) is 0 Å². The molecule has 0 saturated heterocycles. The third-order valence-electron chi connectivity index (χ3n) is 7.68. The van der Waals surface area contributed by atoms with Crippen LogP contribution in [0.1, 0.15) is 81.5 Å². The summed E-state index contributed by atoms with van der Waals surface area (Å²) < 4.78 is 25.5. The summed E-state index contributed by atoms with van der Waals surface area (Å²) in [5, 5.41) is 0. The molecule has 2 amide bonds. The topological polar surface area (TPSA) is 59.1 Å². The van der Waals surface area contributed by atoms with Gasteiger partial charge in [-0.2, -0.15) is 0 Å². The van der Waals surface area contributed by atoms with E-state index in [2.05, 4.69) is 0 Å². The summed E-state index contributed by atoms with van der Waals surface area (Å²) >= 11 is 0. The second kappa shape index (κ2) is 14.2. The number of rotatable bonds is 5. The summed E-state index contributed by atoms with van der Waals surface area (Å²) in [5.74, 6) is 0.908. The fraction of sp³-hybridized carbons (Fsp3) is 0.548. The van der Waals surface area contributed by atoms with Gasteiger partial charge in [0.15, 0.2) is 0 Å². The first-order valence-electron chi connectivity index (χ1n) is 14.3. The van der Waals surface area contributed by atoms with Gasteiger partial charge in [-0.1, -0.05) is 37.8 Å². The fourth-order valence-electron chi connectivity index (χ4n) is 5.58. The van der Waals surface area contributed by atoms with Gasteiger partial charge in [-0.05, 0) is 75.4 Å². The van der Waals surface area contributed by atoms with Crippen molar-refractivity contribution in [2.24, 2.45) is 0 Å². The maximum Gasteiger partial charge on any atom is 0.257 e. The third-order valence-corrected chi connectivity index (χ3v) is 7.68. The van der Waals surface area contributed by atoms with Crippen LogP contribution in [0.4, 0.5) is 4.39 Å². The van der Waals surface area contributed by atoms with Crippen LogP contribution in [-0.2, 0) is 4.79 Å². The predicted octanol–water partition coefficient (Wildman–Crippen LogP) is 6.24. The highest BCUT2D eigenvalue weighted by Gasteiger charge is 2.35. The van der Waals surface area contributed by atoms with E-state index in [0.717, 1.165) is 64.3 Å². The number of para-hydroxylation sites is 1. The first kappa shape index (κ1) is 27.9. The molecule has 0 radical (unpaired) electrons. The van der Waals surface area contributed by atoms with Crippen LogP contribution in [0.15, 0.2) is 48.5 Å². The smallest absolute Gasteiger partial charge is 0.257 e. The van der Waals surface area contributed by atoms with E-state index in [1.807, 2.05) is 41.0 Å². The van der Waals surface area contributed by atoms with Crippen LogP contribution in [-0.4, -0.2) is 60.0 Å². The predicted molar refractivity (Wildman–Crippen MR) is 146 cm³/mol. The summed E-state index contributed by atoms with van der Waals surface area (Å²) in [6.45, 7) is 4.37. The maximum atomic E-state index is 13.5. The van der Waals surface area contributed by atoms with Gasteiger partial charge in [0.2, 0.25) is 5.91 Å². The minimum atomic E-state index is -0.316. The molecule has 38 heavy (non-hydrogen) atoms. The van der Waals surface area contributed by atoms with Crippen LogP contribution in [0, 0.1) is 5.82 Å². The minimum absolute atomic E-state index is 0.0104. The molecule has 206 valence electrons. The van der Waals surface area contributed by atoms with Crippen LogP contribution in [0.2, 0.25) is 0 Å². The van der Waals surface area contributed by atoms with Crippen molar-refractivity contribution in [3.8, 4) is 11.5 Å². The third kappa shape index (κ3) is 7.49. The Hall–Kier alpha value is -3.09. The molecule has 1 aliphatic heterocycles. The van der Waals surface area contributed by atoms with Crippen LogP contribution in [0.25, 0.3) is 0 Å². The first-order chi connectivity index (χ1) is 18.6. The molecule has 0 bridgehead atoms. The number of fused-ring (bicyclic) bond motifs is 2. The average Bonchev–Trinajstić information content (AvgIpc) is 2.94. The lowest BCUT2D eigenvalue weighted by Gasteiger charge is -2.40. The zero-order chi connectivity index (χ0) is 26.7. The van der Waals surface area contributed by atoms with E-state index in [-0.39, 0.29) is 42.8 Å². The van der Waals surface area contributed by atoms with Gasteiger partial charge in [-0.25, -0.2) is 4.39 Å². The molecular formula is C31H41FN2O4. The van der Waals surface area contributed by atoms with Gasteiger partial charge < -0.3 is 19.3 Å². The molecule has 2 atom stereocenters. The number of ether oxygens (including phenoxy) is 2. The Morgan fingerprint density at radius 1 is 0.947 bits per heavy atom. The molecule has 7 heteroatoms. The van der Waals surface area contributed by atoms with Crippen LogP contribution < -0.4 is 9.47 Å². The second-order valence-electron chi connectivity index (χ2n) is 10.3. The molecule has 2 aromatic rings. The van der Waals surface area contributed by atoms with Crippen molar-refractivity contribution in [2.45, 2.75) is 83.3 Å². The number of hydrogen-bond acceptors (Lipinski definition) is 4. The lowest BCUT2D eigenvalue weighted by molar-refractivity contribution is -0.137. The van der Waals surface area contributed by atoms with Crippen molar-refractivity contribution in [1.29, 1.82) is 0 Å². The number of carbonyl (C=O) groups excluding carboxylic acids is 2. The van der Waals surface area contributed by atoms with Crippen LogP contribution >= 0.6 is 0 Å². The lowest BCUT2D eigenvalue weighted by atomic mass is 9.90. The fourth-order valence-corrected chi connectivity index (χ4v) is 5.58. The van der Waals surface area contributed by atoms with E-state index < -0.39 is 0 Å². The van der Waals surface area contributed by atoms with Gasteiger partial charge in [0.25, 0.3) is 5.91 Å². The normalized spacial score (nSPS) is 21.4. The van der Waals surface area contributed by atoms with E-state index in [9.17, 15) is 14.0 Å². The van der Waals surface area contributed by atoms with E-state index in [0.29, 0.717) is 30.2 Å². The second-order valence-corrected chi connectivity index (χ2v) is 10.3. The quantitative estimate of drug-likeness (QED) is 0.465. The number of amides is 2. The number of benzene rings is 2. The average molecular weight is 525 g/mol. The van der Waals surface area contributed by atoms with Crippen molar-refractivity contribution in [1.82, 2.24) is 9.80 Å². The Bertz CT molecular complexity index is 1040. The number of carbonyl (C=O) groups is 2. The van der Waals surface area contributed by atoms with Crippen molar-refractivity contribution in [2.75, 3.05) is 26.2 Å². The van der Waals surface area contributed by atoms with Gasteiger partial charge in [0.05, 0.1) is 24.6 Å². The zero-order valence-corrected chi connectivity index (χ0v) is 22.6. The molecule has 6 nitrogen and oxygen atoms in total. The highest BCUT2D eigenvalue weighted by molar-refractivity contribution is 5.97. The summed E-state index contributed by atoms with van der Waals surface area (Å²) in [5.41, 5.74) is 0.596. The molecule has 0 unspecified atom stereocenters. The highest BCUT2D eigenvalue weighted by atomic mass is 19.1. The summed E-state index contributed by atoms with van der Waals surface area (Å²) in [7, 11) is 0. The van der Waals surface area contributed by atoms with Crippen molar-refractivity contribution in [3.05, 3.63) is 59.9 Å².